The second kappa shape index (κ2) is 5.21. The Morgan fingerprint density at radius 1 is 1.53 bits per heavy atom. The summed E-state index contributed by atoms with van der Waals surface area (Å²) in [5.41, 5.74) is 1.54. The van der Waals surface area contributed by atoms with E-state index in [1.165, 1.54) is 0 Å². The van der Waals surface area contributed by atoms with Crippen LogP contribution in [-0.4, -0.2) is 5.91 Å². The van der Waals surface area contributed by atoms with Gasteiger partial charge in [-0.05, 0) is 24.1 Å². The monoisotopic (exact) mass is 201 g/mol. The number of terminal acetylenes is 1. The summed E-state index contributed by atoms with van der Waals surface area (Å²) in [6.45, 7) is 4.02. The number of hydrogen-bond acceptors (Lipinski definition) is 1. The van der Waals surface area contributed by atoms with E-state index in [1.54, 1.807) is 6.07 Å². The van der Waals surface area contributed by atoms with Crippen molar-refractivity contribution in [3.05, 3.63) is 29.8 Å². The topological polar surface area (TPSA) is 29.1 Å². The fourth-order valence-electron chi connectivity index (χ4n) is 1.27. The van der Waals surface area contributed by atoms with Crippen LogP contribution in [-0.2, 0) is 4.79 Å². The zero-order chi connectivity index (χ0) is 11.3. The molecule has 0 spiro atoms. The van der Waals surface area contributed by atoms with Gasteiger partial charge in [-0.15, -0.1) is 6.42 Å². The van der Waals surface area contributed by atoms with Gasteiger partial charge in [0.25, 0.3) is 0 Å². The maximum atomic E-state index is 11.5. The summed E-state index contributed by atoms with van der Waals surface area (Å²) in [5.74, 6) is 2.92. The van der Waals surface area contributed by atoms with Crippen LogP contribution < -0.4 is 5.32 Å². The van der Waals surface area contributed by atoms with Crippen LogP contribution in [0.15, 0.2) is 24.3 Å². The molecule has 2 heteroatoms. The molecule has 0 aromatic heterocycles. The Hall–Kier alpha value is -1.75. The van der Waals surface area contributed by atoms with Gasteiger partial charge in [-0.25, -0.2) is 0 Å². The lowest BCUT2D eigenvalue weighted by Gasteiger charge is -2.07. The minimum Gasteiger partial charge on any atom is -0.326 e. The van der Waals surface area contributed by atoms with Crippen LogP contribution in [0.4, 0.5) is 5.69 Å². The van der Waals surface area contributed by atoms with Crippen molar-refractivity contribution in [3.8, 4) is 12.3 Å². The van der Waals surface area contributed by atoms with Crippen molar-refractivity contribution in [3.63, 3.8) is 0 Å². The number of carbonyl (C=O) groups is 1. The molecule has 0 aliphatic heterocycles. The van der Waals surface area contributed by atoms with Gasteiger partial charge in [-0.1, -0.05) is 25.8 Å². The molecule has 1 rings (SSSR count). The average Bonchev–Trinajstić information content (AvgIpc) is 2.16. The Labute approximate surface area is 90.7 Å². The molecular weight excluding hydrogens is 186 g/mol. The number of carbonyl (C=O) groups excluding carboxylic acids is 1. The molecule has 0 fully saturated rings. The highest BCUT2D eigenvalue weighted by molar-refractivity contribution is 5.90. The van der Waals surface area contributed by atoms with Crippen LogP contribution in [0.25, 0.3) is 0 Å². The molecule has 1 amide bonds. The van der Waals surface area contributed by atoms with Crippen molar-refractivity contribution in [2.24, 2.45) is 5.92 Å². The average molecular weight is 201 g/mol. The van der Waals surface area contributed by atoms with E-state index in [4.69, 9.17) is 6.42 Å². The maximum absolute atomic E-state index is 11.5. The molecule has 0 atom stereocenters. The van der Waals surface area contributed by atoms with E-state index in [1.807, 2.05) is 32.0 Å². The number of hydrogen-bond donors (Lipinski definition) is 1. The summed E-state index contributed by atoms with van der Waals surface area (Å²) < 4.78 is 0. The maximum Gasteiger partial charge on any atom is 0.224 e. The Bertz CT molecular complexity index is 388. The molecule has 1 aromatic carbocycles. The first-order chi connectivity index (χ1) is 7.11. The fourth-order valence-corrected chi connectivity index (χ4v) is 1.27. The molecule has 0 heterocycles. The van der Waals surface area contributed by atoms with Gasteiger partial charge in [-0.2, -0.15) is 0 Å². The van der Waals surface area contributed by atoms with Gasteiger partial charge in [0.05, 0.1) is 0 Å². The molecule has 0 aliphatic carbocycles. The van der Waals surface area contributed by atoms with Gasteiger partial charge in [0.2, 0.25) is 5.91 Å². The van der Waals surface area contributed by atoms with E-state index in [0.717, 1.165) is 11.3 Å². The highest BCUT2D eigenvalue weighted by Crippen LogP contribution is 2.11. The van der Waals surface area contributed by atoms with Crippen LogP contribution in [0.1, 0.15) is 25.8 Å². The van der Waals surface area contributed by atoms with Crippen molar-refractivity contribution in [1.82, 2.24) is 0 Å². The highest BCUT2D eigenvalue weighted by Gasteiger charge is 2.04. The number of rotatable bonds is 3. The third kappa shape index (κ3) is 3.86. The van der Waals surface area contributed by atoms with E-state index in [9.17, 15) is 4.79 Å². The molecule has 0 radical (unpaired) electrons. The SMILES string of the molecule is C#Cc1cccc(NC(=O)CC(C)C)c1. The molecule has 0 bridgehead atoms. The summed E-state index contributed by atoms with van der Waals surface area (Å²) >= 11 is 0. The summed E-state index contributed by atoms with van der Waals surface area (Å²) in [4.78, 5) is 11.5. The molecule has 1 N–H and O–H groups in total. The Kier molecular flexibility index (Phi) is 3.93. The molecule has 15 heavy (non-hydrogen) atoms. The second-order valence-corrected chi connectivity index (χ2v) is 3.87. The lowest BCUT2D eigenvalue weighted by molar-refractivity contribution is -0.116. The third-order valence-corrected chi connectivity index (χ3v) is 1.91. The van der Waals surface area contributed by atoms with Crippen molar-refractivity contribution < 1.29 is 4.79 Å². The molecule has 1 aromatic rings. The Morgan fingerprint density at radius 3 is 2.87 bits per heavy atom. The molecular formula is C13H15NO. The van der Waals surface area contributed by atoms with Gasteiger partial charge in [-0.3, -0.25) is 4.79 Å². The summed E-state index contributed by atoms with van der Waals surface area (Å²) in [5, 5.41) is 2.81. The standard InChI is InChI=1S/C13H15NO/c1-4-11-6-5-7-12(9-11)14-13(15)8-10(2)3/h1,5-7,9-10H,8H2,2-3H3,(H,14,15). The normalized spacial score (nSPS) is 9.73. The minimum atomic E-state index is 0.0270. The summed E-state index contributed by atoms with van der Waals surface area (Å²) in [6, 6.07) is 7.29. The van der Waals surface area contributed by atoms with Crippen molar-refractivity contribution in [2.75, 3.05) is 5.32 Å². The van der Waals surface area contributed by atoms with Crippen LogP contribution in [0, 0.1) is 18.3 Å². The largest absolute Gasteiger partial charge is 0.326 e. The smallest absolute Gasteiger partial charge is 0.224 e. The van der Waals surface area contributed by atoms with E-state index >= 15 is 0 Å². The predicted octanol–water partition coefficient (Wildman–Crippen LogP) is 2.65. The molecule has 0 saturated heterocycles. The van der Waals surface area contributed by atoms with Crippen molar-refractivity contribution in [1.29, 1.82) is 0 Å². The summed E-state index contributed by atoms with van der Waals surface area (Å²) in [6.07, 6.45) is 5.80. The van der Waals surface area contributed by atoms with Gasteiger partial charge in [0.15, 0.2) is 0 Å². The van der Waals surface area contributed by atoms with Crippen LogP contribution in [0.2, 0.25) is 0 Å². The van der Waals surface area contributed by atoms with Gasteiger partial charge < -0.3 is 5.32 Å². The van der Waals surface area contributed by atoms with Gasteiger partial charge >= 0.3 is 0 Å². The minimum absolute atomic E-state index is 0.0270. The van der Waals surface area contributed by atoms with E-state index < -0.39 is 0 Å². The zero-order valence-corrected chi connectivity index (χ0v) is 9.08. The quantitative estimate of drug-likeness (QED) is 0.748. The molecule has 0 saturated carbocycles. The predicted molar refractivity (Wildman–Crippen MR) is 62.5 cm³/mol. The van der Waals surface area contributed by atoms with E-state index in [-0.39, 0.29) is 5.91 Å². The van der Waals surface area contributed by atoms with Gasteiger partial charge in [0, 0.05) is 17.7 Å². The molecule has 2 nitrogen and oxygen atoms in total. The van der Waals surface area contributed by atoms with Crippen LogP contribution in [0.3, 0.4) is 0 Å². The van der Waals surface area contributed by atoms with E-state index in [0.29, 0.717) is 12.3 Å². The Balaban J connectivity index is 2.65. The van der Waals surface area contributed by atoms with Crippen LogP contribution in [0.5, 0.6) is 0 Å². The number of benzene rings is 1. The third-order valence-electron chi connectivity index (χ3n) is 1.91. The molecule has 78 valence electrons. The lowest BCUT2D eigenvalue weighted by Crippen LogP contribution is -2.13. The number of anilines is 1. The van der Waals surface area contributed by atoms with Crippen LogP contribution >= 0.6 is 0 Å². The van der Waals surface area contributed by atoms with Crippen molar-refractivity contribution in [2.45, 2.75) is 20.3 Å². The molecule has 0 unspecified atom stereocenters. The fraction of sp³-hybridized carbons (Fsp3) is 0.308. The van der Waals surface area contributed by atoms with E-state index in [2.05, 4.69) is 11.2 Å². The zero-order valence-electron chi connectivity index (χ0n) is 9.08. The van der Waals surface area contributed by atoms with Crippen molar-refractivity contribution >= 4 is 11.6 Å². The second-order valence-electron chi connectivity index (χ2n) is 3.87. The summed E-state index contributed by atoms with van der Waals surface area (Å²) in [7, 11) is 0. The molecule has 0 aliphatic rings. The number of nitrogens with one attached hydrogen (secondary N) is 1. The number of amides is 1. The highest BCUT2D eigenvalue weighted by atomic mass is 16.1. The first-order valence-electron chi connectivity index (χ1n) is 4.98. The lowest BCUT2D eigenvalue weighted by atomic mass is 10.1. The first-order valence-corrected chi connectivity index (χ1v) is 4.98. The Morgan fingerprint density at radius 2 is 2.27 bits per heavy atom. The van der Waals surface area contributed by atoms with Gasteiger partial charge in [0.1, 0.15) is 0 Å². The first kappa shape index (κ1) is 11.3.